The van der Waals surface area contributed by atoms with Gasteiger partial charge in [0.15, 0.2) is 6.61 Å². The van der Waals surface area contributed by atoms with Crippen molar-refractivity contribution in [2.45, 2.75) is 24.3 Å². The largest absolute Gasteiger partial charge is 0.454 e. The van der Waals surface area contributed by atoms with Crippen LogP contribution < -0.4 is 10.9 Å². The summed E-state index contributed by atoms with van der Waals surface area (Å²) in [5.74, 6) is -1.36. The number of sulfonamides is 1. The average molecular weight is 471 g/mol. The molecule has 0 unspecified atom stereocenters. The van der Waals surface area contributed by atoms with Crippen molar-refractivity contribution < 1.29 is 22.7 Å². The molecule has 1 saturated heterocycles. The Morgan fingerprint density at radius 3 is 2.45 bits per heavy atom. The van der Waals surface area contributed by atoms with Crippen molar-refractivity contribution in [3.63, 3.8) is 0 Å². The summed E-state index contributed by atoms with van der Waals surface area (Å²) in [5, 5.41) is 2.92. The number of ether oxygens (including phenoxy) is 1. The Bertz CT molecular complexity index is 1350. The van der Waals surface area contributed by atoms with E-state index in [0.717, 1.165) is 17.4 Å². The molecule has 11 heteroatoms. The van der Waals surface area contributed by atoms with Crippen LogP contribution in [0.1, 0.15) is 12.8 Å². The highest BCUT2D eigenvalue weighted by molar-refractivity contribution is 7.89. The van der Waals surface area contributed by atoms with Crippen LogP contribution in [0.2, 0.25) is 0 Å². The second-order valence-corrected chi connectivity index (χ2v) is 9.48. The molecule has 1 aliphatic heterocycles. The minimum atomic E-state index is -3.53. The minimum Gasteiger partial charge on any atom is -0.454 e. The summed E-state index contributed by atoms with van der Waals surface area (Å²) in [6, 6.07) is 12.6. The van der Waals surface area contributed by atoms with Crippen molar-refractivity contribution in [2.75, 3.05) is 25.0 Å². The number of nitrogens with one attached hydrogen (secondary N) is 1. The number of anilines is 1. The van der Waals surface area contributed by atoms with Crippen LogP contribution in [-0.2, 0) is 30.9 Å². The molecule has 1 N–H and O–H groups in total. The van der Waals surface area contributed by atoms with E-state index in [2.05, 4.69) is 10.3 Å². The van der Waals surface area contributed by atoms with Crippen molar-refractivity contribution in [3.05, 3.63) is 65.2 Å². The Balaban J connectivity index is 1.31. The Morgan fingerprint density at radius 2 is 1.73 bits per heavy atom. The predicted molar refractivity (Wildman–Crippen MR) is 120 cm³/mol. The number of fused-ring (bicyclic) bond motifs is 1. The number of esters is 1. The van der Waals surface area contributed by atoms with Gasteiger partial charge in [-0.1, -0.05) is 12.1 Å². The SMILES string of the molecule is O=C(COC(=O)Cn1cnc2ccccc2c1=O)Nc1ccc(S(=O)(=O)N2CCCC2)cc1. The Labute approximate surface area is 189 Å². The summed E-state index contributed by atoms with van der Waals surface area (Å²) in [6.45, 7) is 0.0799. The lowest BCUT2D eigenvalue weighted by Crippen LogP contribution is -2.28. The van der Waals surface area contributed by atoms with Crippen LogP contribution in [0.3, 0.4) is 0 Å². The van der Waals surface area contributed by atoms with Crippen LogP contribution in [0.15, 0.2) is 64.5 Å². The third-order valence-electron chi connectivity index (χ3n) is 5.24. The number of hydrogen-bond donors (Lipinski definition) is 1. The van der Waals surface area contributed by atoms with E-state index in [1.165, 1.54) is 34.9 Å². The molecule has 2 heterocycles. The Hall–Kier alpha value is -3.57. The third kappa shape index (κ3) is 5.10. The molecule has 0 radical (unpaired) electrons. The average Bonchev–Trinajstić information content (AvgIpc) is 3.36. The van der Waals surface area contributed by atoms with Crippen LogP contribution in [0.4, 0.5) is 5.69 Å². The lowest BCUT2D eigenvalue weighted by atomic mass is 10.2. The molecule has 1 aromatic heterocycles. The van der Waals surface area contributed by atoms with Crippen molar-refractivity contribution >= 4 is 38.5 Å². The normalized spacial score (nSPS) is 14.3. The zero-order chi connectivity index (χ0) is 23.4. The molecule has 0 spiro atoms. The first-order valence-electron chi connectivity index (χ1n) is 10.3. The van der Waals surface area contributed by atoms with Crippen molar-refractivity contribution in [2.24, 2.45) is 0 Å². The molecule has 0 atom stereocenters. The molecule has 0 saturated carbocycles. The fourth-order valence-corrected chi connectivity index (χ4v) is 5.05. The molecule has 33 heavy (non-hydrogen) atoms. The van der Waals surface area contributed by atoms with Gasteiger partial charge in [0.1, 0.15) is 6.54 Å². The highest BCUT2D eigenvalue weighted by Crippen LogP contribution is 2.22. The topological polar surface area (TPSA) is 128 Å². The first kappa shape index (κ1) is 22.6. The highest BCUT2D eigenvalue weighted by atomic mass is 32.2. The van der Waals surface area contributed by atoms with Gasteiger partial charge in [-0.05, 0) is 49.2 Å². The molecule has 1 amide bonds. The molecule has 4 rings (SSSR count). The molecule has 0 bridgehead atoms. The van der Waals surface area contributed by atoms with Crippen molar-refractivity contribution in [1.29, 1.82) is 0 Å². The van der Waals surface area contributed by atoms with Gasteiger partial charge in [-0.3, -0.25) is 19.0 Å². The smallest absolute Gasteiger partial charge is 0.326 e. The summed E-state index contributed by atoms with van der Waals surface area (Å²) in [7, 11) is -3.53. The molecule has 172 valence electrons. The number of carbonyl (C=O) groups is 2. The van der Waals surface area contributed by atoms with Crippen LogP contribution in [0, 0.1) is 0 Å². The summed E-state index contributed by atoms with van der Waals surface area (Å²) >= 11 is 0. The number of para-hydroxylation sites is 1. The van der Waals surface area contributed by atoms with E-state index in [0.29, 0.717) is 29.7 Å². The molecule has 1 fully saturated rings. The number of benzene rings is 2. The Kier molecular flexibility index (Phi) is 6.52. The molecule has 3 aromatic rings. The summed E-state index contributed by atoms with van der Waals surface area (Å²) in [5.41, 5.74) is 0.503. The molecular formula is C22H22N4O6S. The number of nitrogens with zero attached hydrogens (tertiary/aromatic N) is 3. The van der Waals surface area contributed by atoms with E-state index in [-0.39, 0.29) is 17.0 Å². The van der Waals surface area contributed by atoms with Crippen LogP contribution in [-0.4, -0.2) is 53.8 Å². The van der Waals surface area contributed by atoms with Gasteiger partial charge in [-0.15, -0.1) is 0 Å². The first-order valence-corrected chi connectivity index (χ1v) is 11.8. The van der Waals surface area contributed by atoms with Gasteiger partial charge >= 0.3 is 5.97 Å². The van der Waals surface area contributed by atoms with Gasteiger partial charge in [0.25, 0.3) is 11.5 Å². The monoisotopic (exact) mass is 470 g/mol. The summed E-state index contributed by atoms with van der Waals surface area (Å²) < 4.78 is 32.6. The predicted octanol–water partition coefficient (Wildman–Crippen LogP) is 1.36. The fourth-order valence-electron chi connectivity index (χ4n) is 3.53. The standard InChI is InChI=1S/C22H22N4O6S/c27-20(24-16-7-9-17(10-8-16)33(30,31)26-11-3-4-12-26)14-32-21(28)13-25-15-23-19-6-2-1-5-18(19)22(25)29/h1-2,5-10,15H,3-4,11-14H2,(H,24,27). The third-order valence-corrected chi connectivity index (χ3v) is 7.15. The van der Waals surface area contributed by atoms with Crippen molar-refractivity contribution in [3.8, 4) is 0 Å². The van der Waals surface area contributed by atoms with E-state index in [1.54, 1.807) is 24.3 Å². The quantitative estimate of drug-likeness (QED) is 0.517. The highest BCUT2D eigenvalue weighted by Gasteiger charge is 2.27. The maximum atomic E-state index is 12.5. The summed E-state index contributed by atoms with van der Waals surface area (Å²) in [4.78, 5) is 40.9. The van der Waals surface area contributed by atoms with Gasteiger partial charge in [-0.2, -0.15) is 4.31 Å². The molecule has 10 nitrogen and oxygen atoms in total. The number of rotatable bonds is 7. The Morgan fingerprint density at radius 1 is 1.03 bits per heavy atom. The number of hydrogen-bond acceptors (Lipinski definition) is 7. The number of amides is 1. The molecule has 0 aliphatic carbocycles. The molecule has 2 aromatic carbocycles. The second kappa shape index (κ2) is 9.51. The van der Waals surface area contributed by atoms with E-state index in [4.69, 9.17) is 4.74 Å². The van der Waals surface area contributed by atoms with E-state index < -0.39 is 28.5 Å². The number of carbonyl (C=O) groups excluding carboxylic acids is 2. The second-order valence-electron chi connectivity index (χ2n) is 7.54. The van der Waals surface area contributed by atoms with Gasteiger partial charge < -0.3 is 10.1 Å². The maximum Gasteiger partial charge on any atom is 0.326 e. The van der Waals surface area contributed by atoms with Gasteiger partial charge in [0.05, 0.1) is 22.1 Å². The van der Waals surface area contributed by atoms with Gasteiger partial charge in [-0.25, -0.2) is 13.4 Å². The lowest BCUT2D eigenvalue weighted by molar-refractivity contribution is -0.147. The van der Waals surface area contributed by atoms with E-state index in [1.807, 2.05) is 0 Å². The van der Waals surface area contributed by atoms with Crippen LogP contribution in [0.5, 0.6) is 0 Å². The van der Waals surface area contributed by atoms with Crippen LogP contribution >= 0.6 is 0 Å². The maximum absolute atomic E-state index is 12.5. The zero-order valence-electron chi connectivity index (χ0n) is 17.6. The molecule has 1 aliphatic rings. The van der Waals surface area contributed by atoms with E-state index in [9.17, 15) is 22.8 Å². The first-order chi connectivity index (χ1) is 15.8. The van der Waals surface area contributed by atoms with Gasteiger partial charge in [0, 0.05) is 18.8 Å². The lowest BCUT2D eigenvalue weighted by Gasteiger charge is -2.15. The van der Waals surface area contributed by atoms with E-state index >= 15 is 0 Å². The number of aromatic nitrogens is 2. The summed E-state index contributed by atoms with van der Waals surface area (Å²) in [6.07, 6.45) is 2.94. The van der Waals surface area contributed by atoms with Crippen molar-refractivity contribution in [1.82, 2.24) is 13.9 Å². The van der Waals surface area contributed by atoms with Crippen LogP contribution in [0.25, 0.3) is 10.9 Å². The zero-order valence-corrected chi connectivity index (χ0v) is 18.5. The minimum absolute atomic E-state index is 0.156. The fraction of sp³-hybridized carbons (Fsp3) is 0.273. The molecular weight excluding hydrogens is 448 g/mol. The van der Waals surface area contributed by atoms with Gasteiger partial charge in [0.2, 0.25) is 10.0 Å².